The number of carbonyl (C=O) groups is 3. The first-order valence-electron chi connectivity index (χ1n) is 6.10. The Kier molecular flexibility index (Phi) is 6.35. The van der Waals surface area contributed by atoms with Crippen molar-refractivity contribution in [1.29, 1.82) is 0 Å². The van der Waals surface area contributed by atoms with Gasteiger partial charge in [0.25, 0.3) is 0 Å². The zero-order valence-electron chi connectivity index (χ0n) is 10.8. The molecule has 0 aliphatic heterocycles. The monoisotopic (exact) mass is 264 g/mol. The molecule has 0 aliphatic rings. The Morgan fingerprint density at radius 2 is 1.95 bits per heavy atom. The lowest BCUT2D eigenvalue weighted by molar-refractivity contribution is -0.122. The predicted octanol–water partition coefficient (Wildman–Crippen LogP) is 1.35. The van der Waals surface area contributed by atoms with Crippen molar-refractivity contribution in [3.8, 4) is 0 Å². The van der Waals surface area contributed by atoms with Gasteiger partial charge in [0, 0.05) is 25.5 Å². The minimum absolute atomic E-state index is 0.115. The molecule has 1 aromatic heterocycles. The van der Waals surface area contributed by atoms with Gasteiger partial charge in [-0.15, -0.1) is 0 Å². The van der Waals surface area contributed by atoms with E-state index in [0.29, 0.717) is 19.3 Å². The molecule has 102 valence electrons. The first-order chi connectivity index (χ1) is 9.13. The zero-order valence-corrected chi connectivity index (χ0v) is 10.8. The topological polar surface area (TPSA) is 86.2 Å². The van der Waals surface area contributed by atoms with Crippen molar-refractivity contribution in [2.75, 3.05) is 6.61 Å². The van der Waals surface area contributed by atoms with E-state index >= 15 is 0 Å². The Morgan fingerprint density at radius 1 is 1.21 bits per heavy atom. The number of aromatic nitrogens is 2. The summed E-state index contributed by atoms with van der Waals surface area (Å²) in [4.78, 5) is 41.3. The summed E-state index contributed by atoms with van der Waals surface area (Å²) in [7, 11) is 0. The van der Waals surface area contributed by atoms with Crippen LogP contribution >= 0.6 is 0 Å². The van der Waals surface area contributed by atoms with E-state index in [0.717, 1.165) is 0 Å². The Morgan fingerprint density at radius 3 is 2.58 bits per heavy atom. The third kappa shape index (κ3) is 5.85. The lowest BCUT2D eigenvalue weighted by atomic mass is 10.1. The lowest BCUT2D eigenvalue weighted by Gasteiger charge is -2.03. The van der Waals surface area contributed by atoms with E-state index in [9.17, 15) is 14.4 Å². The molecule has 0 saturated carbocycles. The minimum Gasteiger partial charge on any atom is -0.453 e. The van der Waals surface area contributed by atoms with Gasteiger partial charge in [0.2, 0.25) is 0 Å². The molecule has 0 atom stereocenters. The van der Waals surface area contributed by atoms with E-state index in [1.54, 1.807) is 6.92 Å². The highest BCUT2D eigenvalue weighted by atomic mass is 16.5. The number of esters is 1. The van der Waals surface area contributed by atoms with Gasteiger partial charge < -0.3 is 4.74 Å². The van der Waals surface area contributed by atoms with Gasteiger partial charge in [-0.2, -0.15) is 0 Å². The van der Waals surface area contributed by atoms with Crippen molar-refractivity contribution >= 4 is 17.5 Å². The van der Waals surface area contributed by atoms with Crippen LogP contribution in [0.2, 0.25) is 0 Å². The molecule has 0 aliphatic carbocycles. The molecule has 1 heterocycles. The number of ether oxygens (including phenoxy) is 1. The number of rotatable bonds is 8. The molecule has 6 nitrogen and oxygen atoms in total. The summed E-state index contributed by atoms with van der Waals surface area (Å²) in [6, 6.07) is 1.41. The molecule has 0 aromatic carbocycles. The number of ketones is 2. The normalized spacial score (nSPS) is 9.95. The maximum absolute atomic E-state index is 11.5. The number of nitrogens with zero attached hydrogens (tertiary/aromatic N) is 2. The smallest absolute Gasteiger partial charge is 0.357 e. The third-order valence-electron chi connectivity index (χ3n) is 2.46. The van der Waals surface area contributed by atoms with Gasteiger partial charge in [-0.25, -0.2) is 14.8 Å². The van der Waals surface area contributed by atoms with Crippen molar-refractivity contribution in [2.24, 2.45) is 0 Å². The largest absolute Gasteiger partial charge is 0.453 e. The van der Waals surface area contributed by atoms with Crippen molar-refractivity contribution in [3.05, 3.63) is 24.3 Å². The Labute approximate surface area is 111 Å². The predicted molar refractivity (Wildman–Crippen MR) is 66.5 cm³/mol. The lowest BCUT2D eigenvalue weighted by Crippen LogP contribution is -2.15. The highest BCUT2D eigenvalue weighted by Gasteiger charge is 2.11. The molecular formula is C13H16N2O4. The van der Waals surface area contributed by atoms with Crippen molar-refractivity contribution in [2.45, 2.75) is 32.6 Å². The van der Waals surface area contributed by atoms with Crippen LogP contribution in [0, 0.1) is 0 Å². The summed E-state index contributed by atoms with van der Waals surface area (Å²) in [5.41, 5.74) is 0.115. The van der Waals surface area contributed by atoms with Gasteiger partial charge in [-0.05, 0) is 12.5 Å². The molecule has 0 N–H and O–H groups in total. The fourth-order valence-electron chi connectivity index (χ4n) is 1.36. The van der Waals surface area contributed by atoms with Gasteiger partial charge in [0.05, 0.1) is 0 Å². The van der Waals surface area contributed by atoms with Crippen LogP contribution in [-0.4, -0.2) is 34.1 Å². The second-order valence-electron chi connectivity index (χ2n) is 3.96. The van der Waals surface area contributed by atoms with Gasteiger partial charge in [0.1, 0.15) is 18.7 Å². The summed E-state index contributed by atoms with van der Waals surface area (Å²) < 4.78 is 4.81. The fourth-order valence-corrected chi connectivity index (χ4v) is 1.36. The maximum atomic E-state index is 11.5. The number of Topliss-reactive ketones (excluding diaryl/α,β-unsaturated/α-hetero) is 2. The van der Waals surface area contributed by atoms with E-state index in [-0.39, 0.29) is 30.3 Å². The molecule has 1 rings (SSSR count). The molecule has 0 bridgehead atoms. The summed E-state index contributed by atoms with van der Waals surface area (Å²) in [5.74, 6) is -0.725. The van der Waals surface area contributed by atoms with Crippen LogP contribution in [0.25, 0.3) is 0 Å². The van der Waals surface area contributed by atoms with Crippen LogP contribution in [0.15, 0.2) is 18.6 Å². The zero-order chi connectivity index (χ0) is 14.1. The highest BCUT2D eigenvalue weighted by Crippen LogP contribution is 2.01. The molecule has 0 saturated heterocycles. The number of carbonyl (C=O) groups excluding carboxylic acids is 3. The first kappa shape index (κ1) is 14.9. The summed E-state index contributed by atoms with van der Waals surface area (Å²) in [5, 5.41) is 0. The van der Waals surface area contributed by atoms with Crippen molar-refractivity contribution in [1.82, 2.24) is 9.97 Å². The van der Waals surface area contributed by atoms with Gasteiger partial charge in [-0.1, -0.05) is 6.92 Å². The molecule has 0 radical (unpaired) electrons. The molecule has 19 heavy (non-hydrogen) atoms. The highest BCUT2D eigenvalue weighted by molar-refractivity contribution is 5.89. The van der Waals surface area contributed by atoms with Crippen LogP contribution in [0.4, 0.5) is 0 Å². The second-order valence-corrected chi connectivity index (χ2v) is 3.96. The molecule has 0 unspecified atom stereocenters. The molecule has 1 aromatic rings. The van der Waals surface area contributed by atoms with Crippen LogP contribution in [0.3, 0.4) is 0 Å². The van der Waals surface area contributed by atoms with E-state index in [1.807, 2.05) is 0 Å². The van der Waals surface area contributed by atoms with Crippen molar-refractivity contribution in [3.63, 3.8) is 0 Å². The summed E-state index contributed by atoms with van der Waals surface area (Å²) in [6.45, 7) is 1.50. The minimum atomic E-state index is -0.652. The van der Waals surface area contributed by atoms with Gasteiger partial charge >= 0.3 is 5.97 Å². The van der Waals surface area contributed by atoms with Crippen molar-refractivity contribution < 1.29 is 19.1 Å². The molecule has 0 fully saturated rings. The van der Waals surface area contributed by atoms with Crippen LogP contribution < -0.4 is 0 Å². The Bertz CT molecular complexity index is 445. The molecule has 6 heteroatoms. The van der Waals surface area contributed by atoms with Crippen LogP contribution in [0.1, 0.15) is 43.1 Å². The Hall–Kier alpha value is -2.11. The molecule has 0 amide bonds. The van der Waals surface area contributed by atoms with E-state index in [4.69, 9.17) is 4.74 Å². The van der Waals surface area contributed by atoms with E-state index < -0.39 is 5.97 Å². The van der Waals surface area contributed by atoms with E-state index in [1.165, 1.54) is 18.6 Å². The summed E-state index contributed by atoms with van der Waals surface area (Å²) >= 11 is 0. The fraction of sp³-hybridized carbons (Fsp3) is 0.462. The van der Waals surface area contributed by atoms with Gasteiger partial charge in [0.15, 0.2) is 11.5 Å². The quantitative estimate of drug-likeness (QED) is 0.659. The average molecular weight is 264 g/mol. The van der Waals surface area contributed by atoms with Gasteiger partial charge in [-0.3, -0.25) is 9.59 Å². The standard InChI is InChI=1S/C13H16N2O4/c1-2-10(16)4-3-5-11(17)8-19-13(18)12-6-7-14-9-15-12/h6-7,9H,2-5,8H2,1H3. The summed E-state index contributed by atoms with van der Waals surface area (Å²) in [6.07, 6.45) is 4.26. The van der Waals surface area contributed by atoms with Crippen LogP contribution in [0.5, 0.6) is 0 Å². The van der Waals surface area contributed by atoms with E-state index in [2.05, 4.69) is 9.97 Å². The van der Waals surface area contributed by atoms with Crippen LogP contribution in [-0.2, 0) is 14.3 Å². The third-order valence-corrected chi connectivity index (χ3v) is 2.46. The second kappa shape index (κ2) is 8.07. The SMILES string of the molecule is CCC(=O)CCCC(=O)COC(=O)c1ccncn1. The Balaban J connectivity index is 2.23. The molecule has 0 spiro atoms. The maximum Gasteiger partial charge on any atom is 0.357 e. The molecular weight excluding hydrogens is 248 g/mol. The first-order valence-corrected chi connectivity index (χ1v) is 6.10. The number of hydrogen-bond acceptors (Lipinski definition) is 6. The number of hydrogen-bond donors (Lipinski definition) is 0. The average Bonchev–Trinajstić information content (AvgIpc) is 2.45.